The molecule has 0 saturated carbocycles. The Morgan fingerprint density at radius 1 is 1.03 bits per heavy atom. The zero-order valence-corrected chi connectivity index (χ0v) is 17.4. The molecule has 0 saturated heterocycles. The SMILES string of the molecule is CC(NC(=O)c1ccc([N+](=O)[O-])cc1Cl)C(=O)Nc1ccccc1Cc1ccccc1. The average Bonchev–Trinajstić information content (AvgIpc) is 2.75. The highest BCUT2D eigenvalue weighted by Crippen LogP contribution is 2.23. The van der Waals surface area contributed by atoms with Crippen molar-refractivity contribution in [2.75, 3.05) is 5.32 Å². The molecule has 1 atom stereocenters. The van der Waals surface area contributed by atoms with E-state index < -0.39 is 22.8 Å². The van der Waals surface area contributed by atoms with Crippen LogP contribution in [0.15, 0.2) is 72.8 Å². The lowest BCUT2D eigenvalue weighted by atomic mass is 10.0. The van der Waals surface area contributed by atoms with E-state index in [2.05, 4.69) is 10.6 Å². The number of carbonyl (C=O) groups excluding carboxylic acids is 2. The number of amides is 2. The van der Waals surface area contributed by atoms with Gasteiger partial charge in [0.25, 0.3) is 11.6 Å². The van der Waals surface area contributed by atoms with E-state index in [4.69, 9.17) is 11.6 Å². The van der Waals surface area contributed by atoms with Crippen LogP contribution < -0.4 is 10.6 Å². The highest BCUT2D eigenvalue weighted by Gasteiger charge is 2.20. The molecule has 0 aliphatic rings. The number of nitro benzene ring substituents is 1. The lowest BCUT2D eigenvalue weighted by molar-refractivity contribution is -0.384. The highest BCUT2D eigenvalue weighted by molar-refractivity contribution is 6.34. The smallest absolute Gasteiger partial charge is 0.270 e. The molecule has 3 rings (SSSR count). The van der Waals surface area contributed by atoms with Gasteiger partial charge in [-0.2, -0.15) is 0 Å². The zero-order valence-electron chi connectivity index (χ0n) is 16.7. The molecule has 0 aromatic heterocycles. The number of benzene rings is 3. The third-order valence-corrected chi connectivity index (χ3v) is 4.97. The molecule has 0 radical (unpaired) electrons. The number of halogens is 1. The number of non-ortho nitro benzene ring substituents is 1. The fourth-order valence-electron chi connectivity index (χ4n) is 2.99. The first-order valence-corrected chi connectivity index (χ1v) is 9.90. The van der Waals surface area contributed by atoms with E-state index in [1.165, 1.54) is 12.1 Å². The number of nitro groups is 1. The molecule has 1 unspecified atom stereocenters. The molecule has 158 valence electrons. The lowest BCUT2D eigenvalue weighted by Gasteiger charge is -2.16. The van der Waals surface area contributed by atoms with Gasteiger partial charge in [-0.3, -0.25) is 19.7 Å². The van der Waals surface area contributed by atoms with Crippen molar-refractivity contribution in [3.8, 4) is 0 Å². The largest absolute Gasteiger partial charge is 0.340 e. The van der Waals surface area contributed by atoms with Crippen molar-refractivity contribution in [3.05, 3.63) is 105 Å². The van der Waals surface area contributed by atoms with Crippen molar-refractivity contribution in [2.45, 2.75) is 19.4 Å². The van der Waals surface area contributed by atoms with E-state index in [1.54, 1.807) is 13.0 Å². The van der Waals surface area contributed by atoms with Crippen LogP contribution in [0, 0.1) is 10.1 Å². The number of anilines is 1. The highest BCUT2D eigenvalue weighted by atomic mass is 35.5. The summed E-state index contributed by atoms with van der Waals surface area (Å²) in [6, 6.07) is 20.0. The van der Waals surface area contributed by atoms with Crippen molar-refractivity contribution in [3.63, 3.8) is 0 Å². The van der Waals surface area contributed by atoms with Crippen LogP contribution in [0.25, 0.3) is 0 Å². The van der Waals surface area contributed by atoms with Crippen molar-refractivity contribution < 1.29 is 14.5 Å². The minimum absolute atomic E-state index is 0.0522. The third kappa shape index (κ3) is 5.67. The summed E-state index contributed by atoms with van der Waals surface area (Å²) in [5, 5.41) is 16.2. The number of nitrogens with zero attached hydrogens (tertiary/aromatic N) is 1. The molecule has 0 spiro atoms. The normalized spacial score (nSPS) is 11.4. The Balaban J connectivity index is 1.67. The molecule has 2 N–H and O–H groups in total. The molecule has 0 bridgehead atoms. The van der Waals surface area contributed by atoms with Crippen molar-refractivity contribution in [2.24, 2.45) is 0 Å². The lowest BCUT2D eigenvalue weighted by Crippen LogP contribution is -2.41. The molecular weight excluding hydrogens is 418 g/mol. The number of rotatable bonds is 7. The zero-order chi connectivity index (χ0) is 22.4. The van der Waals surface area contributed by atoms with E-state index in [9.17, 15) is 19.7 Å². The van der Waals surface area contributed by atoms with E-state index in [0.29, 0.717) is 12.1 Å². The number of carbonyl (C=O) groups is 2. The molecule has 31 heavy (non-hydrogen) atoms. The summed E-state index contributed by atoms with van der Waals surface area (Å²) in [4.78, 5) is 35.4. The van der Waals surface area contributed by atoms with Crippen LogP contribution in [0.2, 0.25) is 5.02 Å². The summed E-state index contributed by atoms with van der Waals surface area (Å²) in [6.07, 6.45) is 0.649. The maximum atomic E-state index is 12.7. The van der Waals surface area contributed by atoms with E-state index in [0.717, 1.165) is 17.2 Å². The number of hydrogen-bond donors (Lipinski definition) is 2. The maximum absolute atomic E-state index is 12.7. The van der Waals surface area contributed by atoms with Gasteiger partial charge < -0.3 is 10.6 Å². The minimum Gasteiger partial charge on any atom is -0.340 e. The topological polar surface area (TPSA) is 101 Å². The van der Waals surface area contributed by atoms with E-state index in [1.807, 2.05) is 48.5 Å². The van der Waals surface area contributed by atoms with Gasteiger partial charge in [-0.15, -0.1) is 0 Å². The van der Waals surface area contributed by atoms with Crippen LogP contribution in [0.5, 0.6) is 0 Å². The van der Waals surface area contributed by atoms with Crippen molar-refractivity contribution >= 4 is 34.8 Å². The summed E-state index contributed by atoms with van der Waals surface area (Å²) in [6.45, 7) is 1.55. The molecule has 2 amide bonds. The Morgan fingerprint density at radius 2 is 1.71 bits per heavy atom. The molecule has 3 aromatic carbocycles. The fourth-order valence-corrected chi connectivity index (χ4v) is 3.26. The fraction of sp³-hybridized carbons (Fsp3) is 0.130. The first-order chi connectivity index (χ1) is 14.8. The molecule has 0 aliphatic heterocycles. The Bertz CT molecular complexity index is 1120. The predicted octanol–water partition coefficient (Wildman–Crippen LogP) is 4.60. The second kappa shape index (κ2) is 9.86. The summed E-state index contributed by atoms with van der Waals surface area (Å²) in [5.41, 5.74) is 2.54. The second-order valence-electron chi connectivity index (χ2n) is 6.93. The van der Waals surface area contributed by atoms with E-state index in [-0.39, 0.29) is 16.3 Å². The standard InChI is InChI=1S/C23H20ClN3O4/c1-15(25-23(29)19-12-11-18(27(30)31)14-20(19)24)22(28)26-21-10-6-5-9-17(21)13-16-7-3-2-4-8-16/h2-12,14-15H,13H2,1H3,(H,25,29)(H,26,28). The Morgan fingerprint density at radius 3 is 2.39 bits per heavy atom. The molecule has 8 heteroatoms. The summed E-state index contributed by atoms with van der Waals surface area (Å²) in [7, 11) is 0. The number of nitrogens with one attached hydrogen (secondary N) is 2. The molecule has 7 nitrogen and oxygen atoms in total. The van der Waals surface area contributed by atoms with Gasteiger partial charge in [0, 0.05) is 17.8 Å². The van der Waals surface area contributed by atoms with Crippen LogP contribution in [0.4, 0.5) is 11.4 Å². The van der Waals surface area contributed by atoms with Crippen molar-refractivity contribution in [1.82, 2.24) is 5.32 Å². The van der Waals surface area contributed by atoms with E-state index >= 15 is 0 Å². The number of hydrogen-bond acceptors (Lipinski definition) is 4. The first kappa shape index (κ1) is 22.0. The van der Waals surface area contributed by atoms with Crippen LogP contribution in [0.1, 0.15) is 28.4 Å². The average molecular weight is 438 g/mol. The summed E-state index contributed by atoms with van der Waals surface area (Å²) >= 11 is 5.99. The van der Waals surface area contributed by atoms with Crippen molar-refractivity contribution in [1.29, 1.82) is 0 Å². The molecule has 0 heterocycles. The van der Waals surface area contributed by atoms with Crippen LogP contribution >= 0.6 is 11.6 Å². The van der Waals surface area contributed by atoms with Gasteiger partial charge >= 0.3 is 0 Å². The van der Waals surface area contributed by atoms with Gasteiger partial charge in [0.05, 0.1) is 15.5 Å². The maximum Gasteiger partial charge on any atom is 0.270 e. The number of para-hydroxylation sites is 1. The molecule has 0 aliphatic carbocycles. The first-order valence-electron chi connectivity index (χ1n) is 9.52. The van der Waals surface area contributed by atoms with Gasteiger partial charge in [-0.25, -0.2) is 0 Å². The minimum atomic E-state index is -0.858. The van der Waals surface area contributed by atoms with Crippen LogP contribution in [0.3, 0.4) is 0 Å². The monoisotopic (exact) mass is 437 g/mol. The Kier molecular flexibility index (Phi) is 6.99. The molecule has 3 aromatic rings. The quantitative estimate of drug-likeness (QED) is 0.416. The van der Waals surface area contributed by atoms with Gasteiger partial charge in [-0.1, -0.05) is 60.1 Å². The van der Waals surface area contributed by atoms with Gasteiger partial charge in [0.1, 0.15) is 6.04 Å². The molecular formula is C23H20ClN3O4. The van der Waals surface area contributed by atoms with Crippen LogP contribution in [-0.2, 0) is 11.2 Å². The second-order valence-corrected chi connectivity index (χ2v) is 7.33. The van der Waals surface area contributed by atoms with Gasteiger partial charge in [-0.05, 0) is 36.6 Å². The Labute approximate surface area is 184 Å². The van der Waals surface area contributed by atoms with Gasteiger partial charge in [0.15, 0.2) is 0 Å². The Hall–Kier alpha value is -3.71. The van der Waals surface area contributed by atoms with Gasteiger partial charge in [0.2, 0.25) is 5.91 Å². The van der Waals surface area contributed by atoms with Crippen LogP contribution in [-0.4, -0.2) is 22.8 Å². The predicted molar refractivity (Wildman–Crippen MR) is 119 cm³/mol. The summed E-state index contributed by atoms with van der Waals surface area (Å²) in [5.74, 6) is -0.994. The summed E-state index contributed by atoms with van der Waals surface area (Å²) < 4.78 is 0. The molecule has 0 fully saturated rings. The third-order valence-electron chi connectivity index (χ3n) is 4.66.